The van der Waals surface area contributed by atoms with Crippen LogP contribution in [0.15, 0.2) is 30.3 Å². The van der Waals surface area contributed by atoms with Crippen molar-refractivity contribution in [2.24, 2.45) is 0 Å². The van der Waals surface area contributed by atoms with Crippen molar-refractivity contribution < 1.29 is 47.4 Å². The molecular formula is C30H54O10. The van der Waals surface area contributed by atoms with Crippen LogP contribution in [0.25, 0.3) is 0 Å². The lowest BCUT2D eigenvalue weighted by molar-refractivity contribution is -0.0254. The maximum absolute atomic E-state index is 5.55. The molecule has 0 saturated heterocycles. The van der Waals surface area contributed by atoms with Crippen LogP contribution in [0.2, 0.25) is 0 Å². The second-order valence-electron chi connectivity index (χ2n) is 8.73. The molecule has 0 bridgehead atoms. The smallest absolute Gasteiger partial charge is 0.119 e. The van der Waals surface area contributed by atoms with Gasteiger partial charge in [0.05, 0.1) is 112 Å². The zero-order chi connectivity index (χ0) is 28.4. The van der Waals surface area contributed by atoms with Gasteiger partial charge in [0, 0.05) is 6.61 Å². The van der Waals surface area contributed by atoms with Gasteiger partial charge in [-0.05, 0) is 18.6 Å². The van der Waals surface area contributed by atoms with Crippen LogP contribution in [0.1, 0.15) is 32.6 Å². The number of hydrogen-bond donors (Lipinski definition) is 0. The average Bonchev–Trinajstić information content (AvgIpc) is 2.98. The molecule has 0 aliphatic heterocycles. The summed E-state index contributed by atoms with van der Waals surface area (Å²) in [5.41, 5.74) is 0. The van der Waals surface area contributed by atoms with Crippen molar-refractivity contribution in [1.29, 1.82) is 0 Å². The Morgan fingerprint density at radius 2 is 0.675 bits per heavy atom. The molecule has 10 nitrogen and oxygen atoms in total. The molecule has 0 N–H and O–H groups in total. The average molecular weight is 575 g/mol. The van der Waals surface area contributed by atoms with Crippen molar-refractivity contribution in [3.63, 3.8) is 0 Å². The van der Waals surface area contributed by atoms with E-state index in [4.69, 9.17) is 47.4 Å². The van der Waals surface area contributed by atoms with Gasteiger partial charge in [0.15, 0.2) is 0 Å². The van der Waals surface area contributed by atoms with Crippen molar-refractivity contribution >= 4 is 0 Å². The number of ether oxygens (including phenoxy) is 10. The van der Waals surface area contributed by atoms with Crippen molar-refractivity contribution in [2.45, 2.75) is 32.6 Å². The highest BCUT2D eigenvalue weighted by atomic mass is 16.6. The molecule has 0 aromatic heterocycles. The summed E-state index contributed by atoms with van der Waals surface area (Å²) in [5, 5.41) is 0. The molecule has 0 spiro atoms. The molecule has 0 heterocycles. The third kappa shape index (κ3) is 28.2. The van der Waals surface area contributed by atoms with Crippen LogP contribution in [0.3, 0.4) is 0 Å². The lowest BCUT2D eigenvalue weighted by Gasteiger charge is -2.09. The third-order valence-electron chi connectivity index (χ3n) is 5.36. The first-order chi connectivity index (χ1) is 19.9. The van der Waals surface area contributed by atoms with Gasteiger partial charge in [-0.3, -0.25) is 0 Å². The van der Waals surface area contributed by atoms with Gasteiger partial charge in [0.25, 0.3) is 0 Å². The van der Waals surface area contributed by atoms with Gasteiger partial charge < -0.3 is 47.4 Å². The van der Waals surface area contributed by atoms with Gasteiger partial charge in [-0.25, -0.2) is 0 Å². The quantitative estimate of drug-likeness (QED) is 0.115. The number of unbranched alkanes of at least 4 members (excludes halogenated alkanes) is 3. The van der Waals surface area contributed by atoms with Crippen LogP contribution in [0.4, 0.5) is 0 Å². The molecular weight excluding hydrogens is 520 g/mol. The Kier molecular flexibility index (Phi) is 29.5. The number of para-hydroxylation sites is 1. The molecule has 0 saturated carbocycles. The predicted molar refractivity (Wildman–Crippen MR) is 153 cm³/mol. The first kappa shape index (κ1) is 36.7. The zero-order valence-corrected chi connectivity index (χ0v) is 24.7. The third-order valence-corrected chi connectivity index (χ3v) is 5.36. The van der Waals surface area contributed by atoms with E-state index in [-0.39, 0.29) is 0 Å². The van der Waals surface area contributed by atoms with Gasteiger partial charge in [0.1, 0.15) is 12.4 Å². The highest BCUT2D eigenvalue weighted by Gasteiger charge is 1.96. The first-order valence-electron chi connectivity index (χ1n) is 14.8. The van der Waals surface area contributed by atoms with Crippen LogP contribution < -0.4 is 4.74 Å². The molecule has 1 aromatic rings. The minimum Gasteiger partial charge on any atom is -0.491 e. The Morgan fingerprint density at radius 1 is 0.350 bits per heavy atom. The van der Waals surface area contributed by atoms with E-state index in [0.29, 0.717) is 119 Å². The summed E-state index contributed by atoms with van der Waals surface area (Å²) in [6.45, 7) is 12.9. The molecule has 1 aromatic carbocycles. The van der Waals surface area contributed by atoms with Gasteiger partial charge >= 0.3 is 0 Å². The molecule has 0 unspecified atom stereocenters. The minimum atomic E-state index is 0.522. The predicted octanol–water partition coefficient (Wildman–Crippen LogP) is 3.80. The summed E-state index contributed by atoms with van der Waals surface area (Å²) in [6, 6.07) is 9.69. The second-order valence-corrected chi connectivity index (χ2v) is 8.73. The molecule has 0 atom stereocenters. The number of rotatable bonds is 33. The fraction of sp³-hybridized carbons (Fsp3) is 0.800. The lowest BCUT2D eigenvalue weighted by Crippen LogP contribution is -2.15. The number of benzene rings is 1. The van der Waals surface area contributed by atoms with Gasteiger partial charge in [-0.1, -0.05) is 44.4 Å². The van der Waals surface area contributed by atoms with E-state index in [0.717, 1.165) is 18.8 Å². The Morgan fingerprint density at radius 3 is 1.02 bits per heavy atom. The molecule has 40 heavy (non-hydrogen) atoms. The molecule has 0 fully saturated rings. The highest BCUT2D eigenvalue weighted by Crippen LogP contribution is 2.07. The SMILES string of the molecule is CCCCCCOCCOCCOCCOCCOCCOCCOCCOCCOCCOc1ccccc1. The molecule has 0 aliphatic carbocycles. The fourth-order valence-corrected chi connectivity index (χ4v) is 3.23. The Balaban J connectivity index is 1.62. The van der Waals surface area contributed by atoms with Crippen molar-refractivity contribution in [2.75, 3.05) is 126 Å². The molecule has 1 rings (SSSR count). The van der Waals surface area contributed by atoms with Crippen molar-refractivity contribution in [3.05, 3.63) is 30.3 Å². The Labute approximate surface area is 241 Å². The van der Waals surface area contributed by atoms with E-state index in [2.05, 4.69) is 6.92 Å². The monoisotopic (exact) mass is 574 g/mol. The van der Waals surface area contributed by atoms with Crippen molar-refractivity contribution in [3.8, 4) is 5.75 Å². The van der Waals surface area contributed by atoms with Gasteiger partial charge in [-0.15, -0.1) is 0 Å². The summed E-state index contributed by atoms with van der Waals surface area (Å²) >= 11 is 0. The standard InChI is InChI=1S/C30H54O10/c1-2-3-4-8-11-31-12-13-32-14-15-33-16-17-34-18-19-35-20-21-36-22-23-37-24-25-38-26-27-39-28-29-40-30-9-6-5-7-10-30/h5-7,9-10H,2-4,8,11-29H2,1H3. The van der Waals surface area contributed by atoms with E-state index >= 15 is 0 Å². The van der Waals surface area contributed by atoms with Crippen LogP contribution in [-0.2, 0) is 42.6 Å². The van der Waals surface area contributed by atoms with E-state index in [1.54, 1.807) is 0 Å². The van der Waals surface area contributed by atoms with E-state index in [9.17, 15) is 0 Å². The molecule has 10 heteroatoms. The van der Waals surface area contributed by atoms with Crippen LogP contribution in [0.5, 0.6) is 5.75 Å². The fourth-order valence-electron chi connectivity index (χ4n) is 3.23. The largest absolute Gasteiger partial charge is 0.491 e. The second kappa shape index (κ2) is 32.2. The lowest BCUT2D eigenvalue weighted by atomic mass is 10.2. The van der Waals surface area contributed by atoms with Crippen LogP contribution in [-0.4, -0.2) is 126 Å². The minimum absolute atomic E-state index is 0.522. The van der Waals surface area contributed by atoms with Crippen LogP contribution in [0, 0.1) is 0 Å². The zero-order valence-electron chi connectivity index (χ0n) is 24.7. The molecule has 0 radical (unpaired) electrons. The Bertz CT molecular complexity index is 593. The van der Waals surface area contributed by atoms with Crippen LogP contribution >= 0.6 is 0 Å². The van der Waals surface area contributed by atoms with E-state index in [1.807, 2.05) is 30.3 Å². The molecule has 0 aliphatic rings. The topological polar surface area (TPSA) is 92.3 Å². The normalized spacial score (nSPS) is 11.3. The summed E-state index contributed by atoms with van der Waals surface area (Å²) in [4.78, 5) is 0. The van der Waals surface area contributed by atoms with Gasteiger partial charge in [-0.2, -0.15) is 0 Å². The summed E-state index contributed by atoms with van der Waals surface area (Å²) < 4.78 is 54.9. The highest BCUT2D eigenvalue weighted by molar-refractivity contribution is 5.20. The maximum Gasteiger partial charge on any atom is 0.119 e. The number of hydrogen-bond acceptors (Lipinski definition) is 10. The molecule has 0 amide bonds. The molecule has 234 valence electrons. The first-order valence-corrected chi connectivity index (χ1v) is 14.8. The maximum atomic E-state index is 5.55. The summed E-state index contributed by atoms with van der Waals surface area (Å²) in [5.74, 6) is 0.848. The van der Waals surface area contributed by atoms with Crippen molar-refractivity contribution in [1.82, 2.24) is 0 Å². The van der Waals surface area contributed by atoms with E-state index < -0.39 is 0 Å². The Hall–Kier alpha value is -1.34. The van der Waals surface area contributed by atoms with Gasteiger partial charge in [0.2, 0.25) is 0 Å². The summed E-state index contributed by atoms with van der Waals surface area (Å²) in [7, 11) is 0. The summed E-state index contributed by atoms with van der Waals surface area (Å²) in [6.07, 6.45) is 4.91. The van der Waals surface area contributed by atoms with E-state index in [1.165, 1.54) is 19.3 Å².